The maximum atomic E-state index is 2.49. The van der Waals surface area contributed by atoms with Crippen molar-refractivity contribution in [2.75, 3.05) is 0 Å². The van der Waals surface area contributed by atoms with E-state index in [1.54, 1.807) is 9.72 Å². The van der Waals surface area contributed by atoms with Crippen LogP contribution in [0, 0.1) is 0 Å². The molecule has 3 aliphatic carbocycles. The SMILES string of the molecule is [Li][C]1=C(B(C2CCCCC2)C2CCCCC2)C=CC1. The summed E-state index contributed by atoms with van der Waals surface area (Å²) in [6, 6.07) is 0. The summed E-state index contributed by atoms with van der Waals surface area (Å²) in [6.45, 7) is 0.916. The van der Waals surface area contributed by atoms with Crippen molar-refractivity contribution in [1.29, 1.82) is 0 Å². The van der Waals surface area contributed by atoms with E-state index in [9.17, 15) is 0 Å². The Balaban J connectivity index is 1.81. The van der Waals surface area contributed by atoms with Crippen LogP contribution in [0.5, 0.6) is 0 Å². The monoisotopic (exact) mass is 248 g/mol. The van der Waals surface area contributed by atoms with E-state index < -0.39 is 0 Å². The zero-order valence-electron chi connectivity index (χ0n) is 12.7. The van der Waals surface area contributed by atoms with E-state index in [0.717, 1.165) is 18.3 Å². The maximum absolute atomic E-state index is 2.49. The Hall–Kier alpha value is 0.142. The third-order valence-electron chi connectivity index (χ3n) is 5.89. The molecule has 0 aliphatic heterocycles. The van der Waals surface area contributed by atoms with Crippen molar-refractivity contribution >= 4 is 24.4 Å². The Labute approximate surface area is 128 Å². The van der Waals surface area contributed by atoms with Crippen LogP contribution in [-0.2, 0) is 0 Å². The third kappa shape index (κ3) is 3.25. The van der Waals surface area contributed by atoms with E-state index in [4.69, 9.17) is 0 Å². The normalized spacial score (nSPS) is 26.2. The van der Waals surface area contributed by atoms with Gasteiger partial charge >= 0.3 is 129 Å². The van der Waals surface area contributed by atoms with Gasteiger partial charge in [0.2, 0.25) is 0 Å². The molecule has 98 valence electrons. The van der Waals surface area contributed by atoms with Gasteiger partial charge in [-0.25, -0.2) is 0 Å². The van der Waals surface area contributed by atoms with Crippen LogP contribution in [0.3, 0.4) is 0 Å². The van der Waals surface area contributed by atoms with Crippen molar-refractivity contribution < 1.29 is 0 Å². The second-order valence-electron chi connectivity index (χ2n) is 7.16. The van der Waals surface area contributed by atoms with E-state index in [1.807, 2.05) is 0 Å². The fourth-order valence-corrected chi connectivity index (χ4v) is 4.90. The Kier molecular flexibility index (Phi) is 4.99. The predicted octanol–water partition coefficient (Wildman–Crippen LogP) is 5.07. The molecule has 0 bridgehead atoms. The Morgan fingerprint density at radius 2 is 1.37 bits per heavy atom. The number of hydrogen-bond donors (Lipinski definition) is 0. The molecule has 2 fully saturated rings. The summed E-state index contributed by atoms with van der Waals surface area (Å²) < 4.78 is 1.68. The first-order chi connectivity index (χ1) is 9.36. The fraction of sp³-hybridized carbons (Fsp3) is 0.765. The van der Waals surface area contributed by atoms with Gasteiger partial charge in [0.15, 0.2) is 0 Å². The van der Waals surface area contributed by atoms with E-state index in [2.05, 4.69) is 29.9 Å². The van der Waals surface area contributed by atoms with Crippen molar-refractivity contribution in [2.24, 2.45) is 0 Å². The van der Waals surface area contributed by atoms with Gasteiger partial charge in [-0.05, 0) is 0 Å². The molecule has 2 saturated carbocycles. The molecule has 0 unspecified atom stereocenters. The van der Waals surface area contributed by atoms with Crippen LogP contribution in [0.2, 0.25) is 11.6 Å². The van der Waals surface area contributed by atoms with Gasteiger partial charge in [-0.15, -0.1) is 0 Å². The number of hydrogen-bond acceptors (Lipinski definition) is 0. The molecule has 0 saturated heterocycles. The summed E-state index contributed by atoms with van der Waals surface area (Å²) in [4.78, 5) is 0. The average molecular weight is 248 g/mol. The second kappa shape index (κ2) is 6.73. The topological polar surface area (TPSA) is 0 Å². The fourth-order valence-electron chi connectivity index (χ4n) is 4.90. The summed E-state index contributed by atoms with van der Waals surface area (Å²) >= 11 is 2.38. The predicted molar refractivity (Wildman–Crippen MR) is 86.0 cm³/mol. The molecule has 0 aromatic carbocycles. The number of allylic oxidation sites excluding steroid dienone is 4. The molecule has 0 atom stereocenters. The molecule has 0 amide bonds. The van der Waals surface area contributed by atoms with Gasteiger partial charge < -0.3 is 0 Å². The molecule has 0 aromatic rings. The van der Waals surface area contributed by atoms with Crippen LogP contribution in [0.15, 0.2) is 21.9 Å². The summed E-state index contributed by atoms with van der Waals surface area (Å²) in [6.07, 6.45) is 21.1. The average Bonchev–Trinajstić information content (AvgIpc) is 2.88. The van der Waals surface area contributed by atoms with E-state index in [-0.39, 0.29) is 0 Å². The van der Waals surface area contributed by atoms with E-state index in [1.165, 1.54) is 70.6 Å². The van der Waals surface area contributed by atoms with Crippen LogP contribution in [0.1, 0.15) is 70.6 Å². The summed E-state index contributed by atoms with van der Waals surface area (Å²) in [5.41, 5.74) is 1.76. The molecule has 2 heteroatoms. The van der Waals surface area contributed by atoms with Gasteiger partial charge in [-0.1, -0.05) is 0 Å². The third-order valence-corrected chi connectivity index (χ3v) is 5.89. The van der Waals surface area contributed by atoms with Gasteiger partial charge in [0.1, 0.15) is 0 Å². The van der Waals surface area contributed by atoms with E-state index >= 15 is 0 Å². The molecule has 0 aromatic heterocycles. The van der Waals surface area contributed by atoms with Crippen molar-refractivity contribution in [3.05, 3.63) is 21.9 Å². The van der Waals surface area contributed by atoms with Crippen LogP contribution >= 0.6 is 0 Å². The molecule has 0 radical (unpaired) electrons. The zero-order chi connectivity index (χ0) is 13.1. The molecule has 3 aliphatic rings. The molecule has 0 N–H and O–H groups in total. The molecule has 0 nitrogen and oxygen atoms in total. The Morgan fingerprint density at radius 1 is 0.842 bits per heavy atom. The van der Waals surface area contributed by atoms with Crippen molar-refractivity contribution in [3.63, 3.8) is 0 Å². The summed E-state index contributed by atoms with van der Waals surface area (Å²) in [5, 5.41) is 0. The quantitative estimate of drug-likeness (QED) is 0.611. The molecule has 3 rings (SSSR count). The van der Waals surface area contributed by atoms with Gasteiger partial charge in [0.25, 0.3) is 0 Å². The van der Waals surface area contributed by atoms with Gasteiger partial charge in [-0.2, -0.15) is 0 Å². The van der Waals surface area contributed by atoms with Crippen LogP contribution in [0.25, 0.3) is 0 Å². The summed E-state index contributed by atoms with van der Waals surface area (Å²) in [7, 11) is 0. The van der Waals surface area contributed by atoms with Gasteiger partial charge in [0, 0.05) is 0 Å². The van der Waals surface area contributed by atoms with Crippen molar-refractivity contribution in [3.8, 4) is 0 Å². The minimum absolute atomic E-state index is 0.916. The molecule has 0 spiro atoms. The first kappa shape index (κ1) is 14.1. The van der Waals surface area contributed by atoms with Crippen LogP contribution in [0.4, 0.5) is 0 Å². The first-order valence-electron chi connectivity index (χ1n) is 8.72. The van der Waals surface area contributed by atoms with Gasteiger partial charge in [-0.3, -0.25) is 0 Å². The zero-order valence-corrected chi connectivity index (χ0v) is 12.7. The van der Waals surface area contributed by atoms with Crippen LogP contribution < -0.4 is 0 Å². The standard InChI is InChI=1S/C17H26B.Li/c1-3-9-15(10-4-1)18(17-13-7-8-14-17)16-11-5-2-6-12-16;/h7,13,15-16H,1-6,8-12H2;. The molecule has 19 heavy (non-hydrogen) atoms. The second-order valence-corrected chi connectivity index (χ2v) is 7.16. The molecule has 0 heterocycles. The first-order valence-corrected chi connectivity index (χ1v) is 8.72. The number of rotatable bonds is 3. The minimum atomic E-state index is 0.916. The van der Waals surface area contributed by atoms with Crippen LogP contribution in [-0.4, -0.2) is 24.4 Å². The van der Waals surface area contributed by atoms with Gasteiger partial charge in [0.05, 0.1) is 0 Å². The Morgan fingerprint density at radius 3 is 1.79 bits per heavy atom. The molecular formula is C17H26BLi. The van der Waals surface area contributed by atoms with E-state index in [0.29, 0.717) is 0 Å². The van der Waals surface area contributed by atoms with Crippen molar-refractivity contribution in [1.82, 2.24) is 0 Å². The summed E-state index contributed by atoms with van der Waals surface area (Å²) in [5.74, 6) is 2.01. The van der Waals surface area contributed by atoms with Crippen molar-refractivity contribution in [2.45, 2.75) is 82.3 Å². The molecular weight excluding hydrogens is 222 g/mol. The Bertz CT molecular complexity index is 341.